The molecule has 0 radical (unpaired) electrons. The highest BCUT2D eigenvalue weighted by Gasteiger charge is 2.01. The van der Waals surface area contributed by atoms with Crippen LogP contribution < -0.4 is 4.74 Å². The van der Waals surface area contributed by atoms with Crippen LogP contribution in [0.25, 0.3) is 0 Å². The van der Waals surface area contributed by atoms with Crippen molar-refractivity contribution in [1.29, 1.82) is 0 Å². The Kier molecular flexibility index (Phi) is 5.33. The van der Waals surface area contributed by atoms with Crippen LogP contribution in [0.3, 0.4) is 0 Å². The highest BCUT2D eigenvalue weighted by Crippen LogP contribution is 2.19. The van der Waals surface area contributed by atoms with Gasteiger partial charge in [-0.3, -0.25) is 4.79 Å². The van der Waals surface area contributed by atoms with Gasteiger partial charge >= 0.3 is 0 Å². The lowest BCUT2D eigenvalue weighted by Crippen LogP contribution is -1.92. The summed E-state index contributed by atoms with van der Waals surface area (Å²) in [4.78, 5) is 10.5. The molecule has 1 rings (SSSR count). The Morgan fingerprint density at radius 3 is 2.69 bits per heavy atom. The first-order valence-electron chi connectivity index (χ1n) is 5.45. The molecule has 1 aromatic carbocycles. The number of benzene rings is 1. The van der Waals surface area contributed by atoms with E-state index in [1.165, 1.54) is 5.56 Å². The largest absolute Gasteiger partial charge is 0.496 e. The molecule has 0 saturated heterocycles. The van der Waals surface area contributed by atoms with E-state index < -0.39 is 0 Å². The first-order chi connectivity index (χ1) is 7.63. The van der Waals surface area contributed by atoms with Crippen molar-refractivity contribution < 1.29 is 9.53 Å². The Labute approximate surface area is 102 Å². The van der Waals surface area contributed by atoms with E-state index >= 15 is 0 Å². The molecule has 0 aliphatic carbocycles. The number of methoxy groups -OCH3 is 1. The van der Waals surface area contributed by atoms with E-state index in [4.69, 9.17) is 16.3 Å². The van der Waals surface area contributed by atoms with Gasteiger partial charge in [-0.05, 0) is 55.0 Å². The second-order valence-electron chi connectivity index (χ2n) is 3.87. The second kappa shape index (κ2) is 6.54. The minimum atomic E-state index is -0.245. The standard InChI is InChI=1S/C13H17ClO2/c1-10-9-11(7-8-12(10)16-2)5-3-4-6-13(14)15/h7-9H,3-6H2,1-2H3. The molecule has 0 bridgehead atoms. The predicted octanol–water partition coefficient (Wildman–Crippen LogP) is 3.48. The third-order valence-corrected chi connectivity index (χ3v) is 2.74. The maximum absolute atomic E-state index is 10.5. The zero-order valence-corrected chi connectivity index (χ0v) is 10.5. The Morgan fingerprint density at radius 2 is 2.12 bits per heavy atom. The van der Waals surface area contributed by atoms with Crippen LogP contribution in [0.1, 0.15) is 30.4 Å². The number of unbranched alkanes of at least 4 members (excludes halogenated alkanes) is 1. The van der Waals surface area contributed by atoms with Crippen LogP contribution in [0, 0.1) is 6.92 Å². The van der Waals surface area contributed by atoms with Crippen LogP contribution in [-0.2, 0) is 11.2 Å². The Bertz CT molecular complexity index is 361. The minimum Gasteiger partial charge on any atom is -0.496 e. The molecule has 88 valence electrons. The number of ether oxygens (including phenoxy) is 1. The van der Waals surface area contributed by atoms with Crippen molar-refractivity contribution in [3.05, 3.63) is 29.3 Å². The summed E-state index contributed by atoms with van der Waals surface area (Å²) in [5.41, 5.74) is 2.42. The Hall–Kier alpha value is -1.02. The minimum absolute atomic E-state index is 0.245. The van der Waals surface area contributed by atoms with Crippen LogP contribution in [0.5, 0.6) is 5.75 Å². The summed E-state index contributed by atoms with van der Waals surface area (Å²) >= 11 is 5.27. The van der Waals surface area contributed by atoms with Gasteiger partial charge in [0.2, 0.25) is 5.24 Å². The molecule has 1 aromatic rings. The molecule has 0 saturated carbocycles. The van der Waals surface area contributed by atoms with Crippen molar-refractivity contribution >= 4 is 16.8 Å². The van der Waals surface area contributed by atoms with Gasteiger partial charge in [0.15, 0.2) is 0 Å². The van der Waals surface area contributed by atoms with E-state index in [1.54, 1.807) is 7.11 Å². The Balaban J connectivity index is 2.43. The molecular weight excluding hydrogens is 224 g/mol. The molecule has 0 amide bonds. The molecule has 0 unspecified atom stereocenters. The zero-order chi connectivity index (χ0) is 12.0. The van der Waals surface area contributed by atoms with E-state index in [-0.39, 0.29) is 5.24 Å². The van der Waals surface area contributed by atoms with Gasteiger partial charge in [-0.25, -0.2) is 0 Å². The van der Waals surface area contributed by atoms with Crippen LogP contribution in [-0.4, -0.2) is 12.4 Å². The number of carbonyl (C=O) groups excluding carboxylic acids is 1. The van der Waals surface area contributed by atoms with Gasteiger partial charge in [-0.1, -0.05) is 12.1 Å². The number of hydrogen-bond donors (Lipinski definition) is 0. The number of carbonyl (C=O) groups is 1. The second-order valence-corrected chi connectivity index (χ2v) is 4.29. The van der Waals surface area contributed by atoms with Gasteiger partial charge in [0, 0.05) is 6.42 Å². The fraction of sp³-hybridized carbons (Fsp3) is 0.462. The monoisotopic (exact) mass is 240 g/mol. The molecule has 0 fully saturated rings. The van der Waals surface area contributed by atoms with E-state index in [1.807, 2.05) is 13.0 Å². The zero-order valence-electron chi connectivity index (χ0n) is 9.75. The summed E-state index contributed by atoms with van der Waals surface area (Å²) in [7, 11) is 1.67. The van der Waals surface area contributed by atoms with Crippen molar-refractivity contribution in [2.24, 2.45) is 0 Å². The molecule has 16 heavy (non-hydrogen) atoms. The first kappa shape index (κ1) is 13.0. The average molecular weight is 241 g/mol. The SMILES string of the molecule is COc1ccc(CCCCC(=O)Cl)cc1C. The molecule has 3 heteroatoms. The third-order valence-electron chi connectivity index (χ3n) is 2.55. The van der Waals surface area contributed by atoms with Gasteiger partial charge in [0.25, 0.3) is 0 Å². The normalized spacial score (nSPS) is 10.2. The summed E-state index contributed by atoms with van der Waals surface area (Å²) in [6.07, 6.45) is 3.29. The summed E-state index contributed by atoms with van der Waals surface area (Å²) in [5.74, 6) is 0.916. The fourth-order valence-corrected chi connectivity index (χ4v) is 1.82. The van der Waals surface area contributed by atoms with E-state index in [0.29, 0.717) is 6.42 Å². The lowest BCUT2D eigenvalue weighted by molar-refractivity contribution is -0.111. The van der Waals surface area contributed by atoms with E-state index in [9.17, 15) is 4.79 Å². The summed E-state index contributed by atoms with van der Waals surface area (Å²) in [6.45, 7) is 2.03. The molecule has 0 N–H and O–H groups in total. The van der Waals surface area contributed by atoms with Crippen LogP contribution in [0.4, 0.5) is 0 Å². The van der Waals surface area contributed by atoms with Crippen molar-refractivity contribution in [2.45, 2.75) is 32.6 Å². The summed E-state index contributed by atoms with van der Waals surface area (Å²) in [5, 5.41) is -0.245. The van der Waals surface area contributed by atoms with Crippen LogP contribution in [0.2, 0.25) is 0 Å². The fourth-order valence-electron chi connectivity index (χ4n) is 1.69. The predicted molar refractivity (Wildman–Crippen MR) is 66.1 cm³/mol. The quantitative estimate of drug-likeness (QED) is 0.562. The molecule has 0 atom stereocenters. The molecule has 0 aliphatic heterocycles. The maximum atomic E-state index is 10.5. The Morgan fingerprint density at radius 1 is 1.38 bits per heavy atom. The summed E-state index contributed by atoms with van der Waals surface area (Å²) in [6, 6.07) is 6.17. The lowest BCUT2D eigenvalue weighted by atomic mass is 10.0. The molecule has 0 heterocycles. The number of hydrogen-bond acceptors (Lipinski definition) is 2. The van der Waals surface area contributed by atoms with Crippen LogP contribution >= 0.6 is 11.6 Å². The maximum Gasteiger partial charge on any atom is 0.221 e. The van der Waals surface area contributed by atoms with Gasteiger partial charge < -0.3 is 4.74 Å². The van der Waals surface area contributed by atoms with Crippen molar-refractivity contribution in [1.82, 2.24) is 0 Å². The molecule has 0 spiro atoms. The molecule has 0 aromatic heterocycles. The van der Waals surface area contributed by atoms with Crippen molar-refractivity contribution in [3.8, 4) is 5.75 Å². The average Bonchev–Trinajstić information content (AvgIpc) is 2.24. The van der Waals surface area contributed by atoms with Crippen LogP contribution in [0.15, 0.2) is 18.2 Å². The molecule has 2 nitrogen and oxygen atoms in total. The molecule has 0 aliphatic rings. The topological polar surface area (TPSA) is 26.3 Å². The number of halogens is 1. The van der Waals surface area contributed by atoms with Gasteiger partial charge in [-0.2, -0.15) is 0 Å². The van der Waals surface area contributed by atoms with Gasteiger partial charge in [0.1, 0.15) is 5.75 Å². The highest BCUT2D eigenvalue weighted by atomic mass is 35.5. The smallest absolute Gasteiger partial charge is 0.221 e. The van der Waals surface area contributed by atoms with E-state index in [0.717, 1.165) is 30.6 Å². The van der Waals surface area contributed by atoms with Gasteiger partial charge in [-0.15, -0.1) is 0 Å². The lowest BCUT2D eigenvalue weighted by Gasteiger charge is -2.07. The number of rotatable bonds is 6. The van der Waals surface area contributed by atoms with Crippen molar-refractivity contribution in [2.75, 3.05) is 7.11 Å². The summed E-state index contributed by atoms with van der Waals surface area (Å²) < 4.78 is 5.19. The van der Waals surface area contributed by atoms with Crippen molar-refractivity contribution in [3.63, 3.8) is 0 Å². The third kappa shape index (κ3) is 4.23. The first-order valence-corrected chi connectivity index (χ1v) is 5.83. The highest BCUT2D eigenvalue weighted by molar-refractivity contribution is 6.63. The molecular formula is C13H17ClO2. The van der Waals surface area contributed by atoms with E-state index in [2.05, 4.69) is 12.1 Å². The number of aryl methyl sites for hydroxylation is 2. The van der Waals surface area contributed by atoms with Gasteiger partial charge in [0.05, 0.1) is 7.11 Å².